The Balaban J connectivity index is 2.57. The molecule has 0 unspecified atom stereocenters. The van der Waals surface area contributed by atoms with Gasteiger partial charge < -0.3 is 0 Å². The highest BCUT2D eigenvalue weighted by Crippen LogP contribution is 2.34. The molecule has 6 heteroatoms. The molecule has 1 heterocycles. The minimum absolute atomic E-state index is 0.0874. The summed E-state index contributed by atoms with van der Waals surface area (Å²) in [6.45, 7) is 0. The van der Waals surface area contributed by atoms with Crippen LogP contribution >= 0.6 is 46.4 Å². The zero-order chi connectivity index (χ0) is 11.7. The van der Waals surface area contributed by atoms with Gasteiger partial charge in [-0.3, -0.25) is 0 Å². The van der Waals surface area contributed by atoms with Gasteiger partial charge in [-0.25, -0.2) is 0 Å². The summed E-state index contributed by atoms with van der Waals surface area (Å²) >= 11 is 23.4. The highest BCUT2D eigenvalue weighted by molar-refractivity contribution is 6.48. The molecule has 16 heavy (non-hydrogen) atoms. The maximum absolute atomic E-state index is 6.02. The van der Waals surface area contributed by atoms with Gasteiger partial charge in [-0.15, -0.1) is 10.2 Å². The van der Waals surface area contributed by atoms with Crippen molar-refractivity contribution in [2.75, 3.05) is 0 Å². The molecular formula is C10H4Cl4N2. The quantitative estimate of drug-likeness (QED) is 0.758. The fourth-order valence-electron chi connectivity index (χ4n) is 1.17. The third-order valence-electron chi connectivity index (χ3n) is 1.94. The lowest BCUT2D eigenvalue weighted by Crippen LogP contribution is -1.91. The molecule has 0 aliphatic rings. The fourth-order valence-corrected chi connectivity index (χ4v) is 1.84. The van der Waals surface area contributed by atoms with Gasteiger partial charge in [0.05, 0.1) is 5.02 Å². The van der Waals surface area contributed by atoms with Crippen LogP contribution in [0.3, 0.4) is 0 Å². The number of benzene rings is 1. The molecular weight excluding hydrogens is 290 g/mol. The van der Waals surface area contributed by atoms with Gasteiger partial charge in [0.25, 0.3) is 0 Å². The predicted molar refractivity (Wildman–Crippen MR) is 67.5 cm³/mol. The number of rotatable bonds is 1. The van der Waals surface area contributed by atoms with Gasteiger partial charge >= 0.3 is 0 Å². The first-order valence-electron chi connectivity index (χ1n) is 4.22. The van der Waals surface area contributed by atoms with Crippen LogP contribution in [-0.2, 0) is 0 Å². The van der Waals surface area contributed by atoms with Crippen LogP contribution in [0.5, 0.6) is 0 Å². The Morgan fingerprint density at radius 3 is 2.00 bits per heavy atom. The Morgan fingerprint density at radius 1 is 0.750 bits per heavy atom. The molecule has 0 saturated carbocycles. The Kier molecular flexibility index (Phi) is 3.55. The van der Waals surface area contributed by atoms with Crippen LogP contribution in [0.4, 0.5) is 0 Å². The minimum atomic E-state index is 0.0874. The molecule has 2 nitrogen and oxygen atoms in total. The molecule has 1 aromatic heterocycles. The molecule has 2 aromatic rings. The fraction of sp³-hybridized carbons (Fsp3) is 0. The molecule has 0 saturated heterocycles. The number of halogens is 4. The minimum Gasteiger partial charge on any atom is -0.147 e. The van der Waals surface area contributed by atoms with Crippen molar-refractivity contribution in [3.63, 3.8) is 0 Å². The summed E-state index contributed by atoms with van der Waals surface area (Å²) in [4.78, 5) is 0. The smallest absolute Gasteiger partial charge is 0.147 e. The maximum atomic E-state index is 6.02. The van der Waals surface area contributed by atoms with Crippen LogP contribution in [0.2, 0.25) is 20.2 Å². The molecule has 0 N–H and O–H groups in total. The van der Waals surface area contributed by atoms with Gasteiger partial charge in [-0.1, -0.05) is 58.5 Å². The average molecular weight is 294 g/mol. The zero-order valence-corrected chi connectivity index (χ0v) is 10.7. The summed E-state index contributed by atoms with van der Waals surface area (Å²) < 4.78 is 0. The van der Waals surface area contributed by atoms with Crippen LogP contribution < -0.4 is 0 Å². The second-order valence-corrected chi connectivity index (χ2v) is 4.52. The normalized spacial score (nSPS) is 10.5. The topological polar surface area (TPSA) is 25.8 Å². The van der Waals surface area contributed by atoms with Gasteiger partial charge in [-0.2, -0.15) is 0 Å². The predicted octanol–water partition coefficient (Wildman–Crippen LogP) is 4.76. The van der Waals surface area contributed by atoms with Gasteiger partial charge in [0, 0.05) is 10.6 Å². The number of hydrogen-bond acceptors (Lipinski definition) is 2. The largest absolute Gasteiger partial charge is 0.171 e. The van der Waals surface area contributed by atoms with Crippen molar-refractivity contribution in [2.45, 2.75) is 0 Å². The van der Waals surface area contributed by atoms with Crippen molar-refractivity contribution < 1.29 is 0 Å². The molecule has 0 amide bonds. The summed E-state index contributed by atoms with van der Waals surface area (Å²) in [6, 6.07) is 7.03. The van der Waals surface area contributed by atoms with Gasteiger partial charge in [0.15, 0.2) is 5.15 Å². The first kappa shape index (κ1) is 11.9. The molecule has 0 aliphatic carbocycles. The van der Waals surface area contributed by atoms with E-state index in [4.69, 9.17) is 46.4 Å². The lowest BCUT2D eigenvalue weighted by Gasteiger charge is -2.04. The van der Waals surface area contributed by atoms with E-state index in [1.807, 2.05) is 0 Å². The van der Waals surface area contributed by atoms with Crippen molar-refractivity contribution in [1.82, 2.24) is 10.2 Å². The zero-order valence-electron chi connectivity index (χ0n) is 7.72. The molecule has 82 valence electrons. The number of aromatic nitrogens is 2. The van der Waals surface area contributed by atoms with Crippen molar-refractivity contribution in [3.8, 4) is 11.3 Å². The van der Waals surface area contributed by atoms with E-state index < -0.39 is 0 Å². The van der Waals surface area contributed by atoms with Crippen LogP contribution in [0.1, 0.15) is 0 Å². The molecule has 1 aromatic carbocycles. The first-order valence-corrected chi connectivity index (χ1v) is 5.74. The van der Waals surface area contributed by atoms with E-state index in [-0.39, 0.29) is 15.2 Å². The third kappa shape index (κ3) is 2.25. The Bertz CT molecular complexity index is 525. The Morgan fingerprint density at radius 2 is 1.38 bits per heavy atom. The van der Waals surface area contributed by atoms with Gasteiger partial charge in [0.2, 0.25) is 0 Å². The summed E-state index contributed by atoms with van der Waals surface area (Å²) in [5.74, 6) is 0. The monoisotopic (exact) mass is 292 g/mol. The molecule has 0 fully saturated rings. The van der Waals surface area contributed by atoms with E-state index in [1.165, 1.54) is 0 Å². The van der Waals surface area contributed by atoms with Crippen LogP contribution in [-0.4, -0.2) is 10.2 Å². The lowest BCUT2D eigenvalue weighted by atomic mass is 10.1. The van der Waals surface area contributed by atoms with Crippen LogP contribution in [0.15, 0.2) is 24.3 Å². The van der Waals surface area contributed by atoms with E-state index >= 15 is 0 Å². The van der Waals surface area contributed by atoms with E-state index in [1.54, 1.807) is 24.3 Å². The second kappa shape index (κ2) is 4.76. The van der Waals surface area contributed by atoms with Crippen molar-refractivity contribution >= 4 is 46.4 Å². The Labute approximate surface area is 112 Å². The summed E-state index contributed by atoms with van der Waals surface area (Å²) in [5, 5.41) is 8.80. The van der Waals surface area contributed by atoms with Crippen LogP contribution in [0.25, 0.3) is 11.3 Å². The molecule has 0 atom stereocenters. The standard InChI is InChI=1S/C10H4Cl4N2/c11-6-3-1-5(2-4-6)9-7(12)8(13)10(14)16-15-9/h1-4H. The molecule has 0 spiro atoms. The average Bonchev–Trinajstić information content (AvgIpc) is 2.28. The summed E-state index contributed by atoms with van der Waals surface area (Å²) in [5.41, 5.74) is 1.26. The summed E-state index contributed by atoms with van der Waals surface area (Å²) in [6.07, 6.45) is 0. The third-order valence-corrected chi connectivity index (χ3v) is 3.38. The van der Waals surface area contributed by atoms with E-state index in [0.717, 1.165) is 5.56 Å². The SMILES string of the molecule is Clc1ccc(-c2nnc(Cl)c(Cl)c2Cl)cc1. The second-order valence-electron chi connectivity index (χ2n) is 2.97. The van der Waals surface area contributed by atoms with Crippen molar-refractivity contribution in [3.05, 3.63) is 44.5 Å². The van der Waals surface area contributed by atoms with Crippen LogP contribution in [0, 0.1) is 0 Å². The molecule has 2 rings (SSSR count). The summed E-state index contributed by atoms with van der Waals surface area (Å²) in [7, 11) is 0. The Hall–Kier alpha value is -0.540. The highest BCUT2D eigenvalue weighted by Gasteiger charge is 2.13. The van der Waals surface area contributed by atoms with Crippen molar-refractivity contribution in [1.29, 1.82) is 0 Å². The van der Waals surface area contributed by atoms with Crippen molar-refractivity contribution in [2.24, 2.45) is 0 Å². The van der Waals surface area contributed by atoms with E-state index in [0.29, 0.717) is 10.7 Å². The highest BCUT2D eigenvalue weighted by atomic mass is 35.5. The molecule has 0 bridgehead atoms. The van der Waals surface area contributed by atoms with Gasteiger partial charge in [-0.05, 0) is 12.1 Å². The maximum Gasteiger partial charge on any atom is 0.171 e. The lowest BCUT2D eigenvalue weighted by molar-refractivity contribution is 1.04. The first-order chi connectivity index (χ1) is 7.59. The molecule has 0 radical (unpaired) electrons. The van der Waals surface area contributed by atoms with E-state index in [2.05, 4.69) is 10.2 Å². The number of hydrogen-bond donors (Lipinski definition) is 0. The van der Waals surface area contributed by atoms with Gasteiger partial charge in [0.1, 0.15) is 10.7 Å². The number of nitrogens with zero attached hydrogens (tertiary/aromatic N) is 2. The van der Waals surface area contributed by atoms with E-state index in [9.17, 15) is 0 Å². The molecule has 0 aliphatic heterocycles.